The highest BCUT2D eigenvalue weighted by molar-refractivity contribution is 5.52. The van der Waals surface area contributed by atoms with Gasteiger partial charge in [-0.3, -0.25) is 10.1 Å². The molecule has 0 aliphatic heterocycles. The number of hydrogen-bond donors (Lipinski definition) is 1. The Hall–Kier alpha value is -1.65. The van der Waals surface area contributed by atoms with Crippen LogP contribution in [0.2, 0.25) is 0 Å². The van der Waals surface area contributed by atoms with Crippen molar-refractivity contribution in [2.24, 2.45) is 5.92 Å². The van der Waals surface area contributed by atoms with Gasteiger partial charge in [0.25, 0.3) is 5.69 Å². The zero-order valence-electron chi connectivity index (χ0n) is 10.2. The first-order chi connectivity index (χ1) is 7.88. The summed E-state index contributed by atoms with van der Waals surface area (Å²) in [6.45, 7) is 6.15. The summed E-state index contributed by atoms with van der Waals surface area (Å²) in [5, 5.41) is 13.6. The molecule has 0 aromatic heterocycles. The average Bonchev–Trinajstić information content (AvgIpc) is 2.14. The average molecular weight is 240 g/mol. The molecule has 0 fully saturated rings. The molecule has 0 aliphatic rings. The number of non-ortho nitro benzene ring substituents is 1. The van der Waals surface area contributed by atoms with Crippen molar-refractivity contribution in [3.63, 3.8) is 0 Å². The predicted octanol–water partition coefficient (Wildman–Crippen LogP) is 3.58. The lowest BCUT2D eigenvalue weighted by molar-refractivity contribution is -0.385. The van der Waals surface area contributed by atoms with E-state index in [4.69, 9.17) is 0 Å². The number of rotatable bonds is 5. The molecule has 0 bridgehead atoms. The van der Waals surface area contributed by atoms with Crippen molar-refractivity contribution < 1.29 is 9.31 Å². The smallest absolute Gasteiger partial charge is 0.274 e. The number of nitro benzene ring substituents is 1. The van der Waals surface area contributed by atoms with Gasteiger partial charge >= 0.3 is 0 Å². The van der Waals surface area contributed by atoms with E-state index < -0.39 is 10.7 Å². The molecule has 0 saturated heterocycles. The number of benzene rings is 1. The van der Waals surface area contributed by atoms with Gasteiger partial charge in [-0.2, -0.15) is 0 Å². The van der Waals surface area contributed by atoms with Gasteiger partial charge in [0.2, 0.25) is 0 Å². The standard InChI is InChI=1S/C12H17FN2O2/c1-8(2)4-9(3)14-11-5-10(13)6-12(7-11)15(16)17/h5-9,14H,4H2,1-3H3. The Morgan fingerprint density at radius 3 is 2.53 bits per heavy atom. The second-order valence-corrected chi connectivity index (χ2v) is 4.63. The third-order valence-electron chi connectivity index (χ3n) is 2.33. The molecule has 1 unspecified atom stereocenters. The summed E-state index contributed by atoms with van der Waals surface area (Å²) in [6, 6.07) is 3.68. The summed E-state index contributed by atoms with van der Waals surface area (Å²) in [7, 11) is 0. The Morgan fingerprint density at radius 2 is 2.00 bits per heavy atom. The third kappa shape index (κ3) is 4.38. The van der Waals surface area contributed by atoms with E-state index in [1.807, 2.05) is 6.92 Å². The van der Waals surface area contributed by atoms with Crippen LogP contribution in [0.1, 0.15) is 27.2 Å². The van der Waals surface area contributed by atoms with E-state index in [2.05, 4.69) is 19.2 Å². The van der Waals surface area contributed by atoms with Crippen LogP contribution < -0.4 is 5.32 Å². The fourth-order valence-corrected chi connectivity index (χ4v) is 1.81. The second-order valence-electron chi connectivity index (χ2n) is 4.63. The minimum Gasteiger partial charge on any atom is -0.382 e. The number of nitro groups is 1. The monoisotopic (exact) mass is 240 g/mol. The van der Waals surface area contributed by atoms with Gasteiger partial charge in [0.05, 0.1) is 11.0 Å². The van der Waals surface area contributed by atoms with E-state index in [-0.39, 0.29) is 11.7 Å². The minimum atomic E-state index is -0.599. The summed E-state index contributed by atoms with van der Waals surface area (Å²) in [4.78, 5) is 9.98. The largest absolute Gasteiger partial charge is 0.382 e. The van der Waals surface area contributed by atoms with Gasteiger partial charge < -0.3 is 5.32 Å². The quantitative estimate of drug-likeness (QED) is 0.632. The second kappa shape index (κ2) is 5.61. The Bertz CT molecular complexity index is 407. The maximum atomic E-state index is 13.2. The number of halogens is 1. The fourth-order valence-electron chi connectivity index (χ4n) is 1.81. The van der Waals surface area contributed by atoms with Crippen LogP contribution in [0, 0.1) is 21.8 Å². The van der Waals surface area contributed by atoms with Crippen molar-refractivity contribution >= 4 is 11.4 Å². The Kier molecular flexibility index (Phi) is 4.43. The van der Waals surface area contributed by atoms with E-state index in [0.717, 1.165) is 12.5 Å². The van der Waals surface area contributed by atoms with Crippen LogP contribution in [-0.4, -0.2) is 11.0 Å². The summed E-state index contributed by atoms with van der Waals surface area (Å²) in [5.74, 6) is -0.0838. The Morgan fingerprint density at radius 1 is 1.35 bits per heavy atom. The maximum Gasteiger partial charge on any atom is 0.274 e. The highest BCUT2D eigenvalue weighted by Crippen LogP contribution is 2.21. The van der Waals surface area contributed by atoms with Crippen molar-refractivity contribution in [2.45, 2.75) is 33.2 Å². The van der Waals surface area contributed by atoms with Gasteiger partial charge in [-0.15, -0.1) is 0 Å². The molecule has 1 aromatic carbocycles. The Balaban J connectivity index is 2.80. The molecule has 17 heavy (non-hydrogen) atoms. The number of hydrogen-bond acceptors (Lipinski definition) is 3. The number of nitrogens with one attached hydrogen (secondary N) is 1. The normalized spacial score (nSPS) is 12.5. The topological polar surface area (TPSA) is 55.2 Å². The molecule has 0 radical (unpaired) electrons. The van der Waals surface area contributed by atoms with Crippen molar-refractivity contribution in [2.75, 3.05) is 5.32 Å². The van der Waals surface area contributed by atoms with E-state index in [0.29, 0.717) is 11.6 Å². The highest BCUT2D eigenvalue weighted by atomic mass is 19.1. The van der Waals surface area contributed by atoms with E-state index in [9.17, 15) is 14.5 Å². The molecule has 1 rings (SSSR count). The zero-order valence-corrected chi connectivity index (χ0v) is 10.2. The molecule has 0 heterocycles. The summed E-state index contributed by atoms with van der Waals surface area (Å²) in [5.41, 5.74) is 0.217. The van der Waals surface area contributed by atoms with Crippen molar-refractivity contribution in [1.82, 2.24) is 0 Å². The lowest BCUT2D eigenvalue weighted by Gasteiger charge is -2.17. The zero-order chi connectivity index (χ0) is 13.0. The molecular formula is C12H17FN2O2. The van der Waals surface area contributed by atoms with E-state index in [1.54, 1.807) is 0 Å². The lowest BCUT2D eigenvalue weighted by atomic mass is 10.1. The molecule has 4 nitrogen and oxygen atoms in total. The van der Waals surface area contributed by atoms with Crippen molar-refractivity contribution in [3.8, 4) is 0 Å². The van der Waals surface area contributed by atoms with Gasteiger partial charge in [0, 0.05) is 17.8 Å². The summed E-state index contributed by atoms with van der Waals surface area (Å²) < 4.78 is 13.2. The molecule has 0 spiro atoms. The van der Waals surface area contributed by atoms with Crippen LogP contribution in [-0.2, 0) is 0 Å². The Labute approximate surface area is 100.0 Å². The molecule has 94 valence electrons. The highest BCUT2D eigenvalue weighted by Gasteiger charge is 2.11. The minimum absolute atomic E-state index is 0.149. The van der Waals surface area contributed by atoms with Crippen LogP contribution in [0.4, 0.5) is 15.8 Å². The van der Waals surface area contributed by atoms with Crippen LogP contribution >= 0.6 is 0 Å². The van der Waals surface area contributed by atoms with Gasteiger partial charge in [-0.1, -0.05) is 13.8 Å². The molecule has 5 heteroatoms. The molecule has 1 N–H and O–H groups in total. The molecule has 1 atom stereocenters. The summed E-state index contributed by atoms with van der Waals surface area (Å²) >= 11 is 0. The van der Waals surface area contributed by atoms with E-state index >= 15 is 0 Å². The third-order valence-corrected chi connectivity index (χ3v) is 2.33. The number of nitrogens with zero attached hydrogens (tertiary/aromatic N) is 1. The van der Waals surface area contributed by atoms with Crippen LogP contribution in [0.3, 0.4) is 0 Å². The van der Waals surface area contributed by atoms with Gasteiger partial charge in [-0.25, -0.2) is 4.39 Å². The molecule has 1 aromatic rings. The molecule has 0 saturated carbocycles. The van der Waals surface area contributed by atoms with Gasteiger partial charge in [0.15, 0.2) is 0 Å². The van der Waals surface area contributed by atoms with Crippen molar-refractivity contribution in [3.05, 3.63) is 34.1 Å². The first-order valence-electron chi connectivity index (χ1n) is 5.60. The van der Waals surface area contributed by atoms with Gasteiger partial charge in [-0.05, 0) is 25.3 Å². The van der Waals surface area contributed by atoms with Crippen LogP contribution in [0.5, 0.6) is 0 Å². The first-order valence-corrected chi connectivity index (χ1v) is 5.60. The molecule has 0 amide bonds. The number of anilines is 1. The predicted molar refractivity (Wildman–Crippen MR) is 65.6 cm³/mol. The van der Waals surface area contributed by atoms with E-state index in [1.165, 1.54) is 12.1 Å². The van der Waals surface area contributed by atoms with Crippen LogP contribution in [0.15, 0.2) is 18.2 Å². The maximum absolute atomic E-state index is 13.2. The lowest BCUT2D eigenvalue weighted by Crippen LogP contribution is -2.17. The summed E-state index contributed by atoms with van der Waals surface area (Å²) in [6.07, 6.45) is 0.921. The fraction of sp³-hybridized carbons (Fsp3) is 0.500. The molecular weight excluding hydrogens is 223 g/mol. The van der Waals surface area contributed by atoms with Crippen LogP contribution in [0.25, 0.3) is 0 Å². The van der Waals surface area contributed by atoms with Crippen molar-refractivity contribution in [1.29, 1.82) is 0 Å². The van der Waals surface area contributed by atoms with Gasteiger partial charge in [0.1, 0.15) is 5.82 Å². The first kappa shape index (κ1) is 13.4. The SMILES string of the molecule is CC(C)CC(C)Nc1cc(F)cc([N+](=O)[O-])c1. The molecule has 0 aliphatic carbocycles.